The summed E-state index contributed by atoms with van der Waals surface area (Å²) in [6.07, 6.45) is 0. The first-order valence-corrected chi connectivity index (χ1v) is 7.03. The van der Waals surface area contributed by atoms with Crippen LogP contribution in [0.2, 0.25) is 0 Å². The van der Waals surface area contributed by atoms with Crippen LogP contribution in [-0.2, 0) is 6.61 Å². The van der Waals surface area contributed by atoms with Gasteiger partial charge in [-0.25, -0.2) is 0 Å². The number of methoxy groups -OCH3 is 2. The van der Waals surface area contributed by atoms with Gasteiger partial charge in [-0.2, -0.15) is 0 Å². The molecule has 6 heteroatoms. The molecule has 3 rings (SSSR count). The Morgan fingerprint density at radius 3 is 2.35 bits per heavy atom. The zero-order chi connectivity index (χ0) is 16.1. The molecule has 0 unspecified atom stereocenters. The smallest absolute Gasteiger partial charge is 0.254 e. The summed E-state index contributed by atoms with van der Waals surface area (Å²) < 4.78 is 21.6. The van der Waals surface area contributed by atoms with E-state index in [1.54, 1.807) is 14.2 Å². The van der Waals surface area contributed by atoms with Gasteiger partial charge in [0.05, 0.1) is 19.8 Å². The van der Waals surface area contributed by atoms with Crippen molar-refractivity contribution in [3.05, 3.63) is 54.4 Å². The summed E-state index contributed by atoms with van der Waals surface area (Å²) in [5.74, 6) is 2.94. The number of rotatable bonds is 6. The molecule has 0 N–H and O–H groups in total. The van der Waals surface area contributed by atoms with Crippen LogP contribution < -0.4 is 14.2 Å². The van der Waals surface area contributed by atoms with Crippen LogP contribution in [0.25, 0.3) is 11.5 Å². The molecule has 0 radical (unpaired) electrons. The van der Waals surface area contributed by atoms with Crippen LogP contribution in [0, 0.1) is 0 Å². The summed E-state index contributed by atoms with van der Waals surface area (Å²) in [7, 11) is 3.22. The Kier molecular flexibility index (Phi) is 4.42. The number of hydrogen-bond acceptors (Lipinski definition) is 6. The normalized spacial score (nSPS) is 10.3. The Balaban J connectivity index is 1.69. The Hall–Kier alpha value is -3.02. The van der Waals surface area contributed by atoms with Gasteiger partial charge in [0.15, 0.2) is 6.61 Å². The van der Waals surface area contributed by atoms with Crippen molar-refractivity contribution in [1.82, 2.24) is 10.2 Å². The molecule has 0 saturated heterocycles. The van der Waals surface area contributed by atoms with Gasteiger partial charge in [-0.3, -0.25) is 0 Å². The van der Waals surface area contributed by atoms with E-state index in [2.05, 4.69) is 10.2 Å². The summed E-state index contributed by atoms with van der Waals surface area (Å²) in [6.45, 7) is 0.189. The van der Waals surface area contributed by atoms with E-state index in [0.29, 0.717) is 23.3 Å². The molecule has 0 bridgehead atoms. The highest BCUT2D eigenvalue weighted by Crippen LogP contribution is 2.28. The van der Waals surface area contributed by atoms with Crippen LogP contribution in [0.4, 0.5) is 0 Å². The molecular formula is C17H16N2O4. The SMILES string of the molecule is COc1ccc(OCc2nnc(-c3ccccc3OC)o2)cc1. The van der Waals surface area contributed by atoms with E-state index in [0.717, 1.165) is 11.3 Å². The van der Waals surface area contributed by atoms with E-state index in [-0.39, 0.29) is 6.61 Å². The van der Waals surface area contributed by atoms with Gasteiger partial charge in [0.25, 0.3) is 11.8 Å². The monoisotopic (exact) mass is 312 g/mol. The Morgan fingerprint density at radius 1 is 0.870 bits per heavy atom. The molecule has 0 aliphatic rings. The van der Waals surface area contributed by atoms with Crippen LogP contribution in [0.5, 0.6) is 17.2 Å². The Bertz CT molecular complexity index is 768. The fourth-order valence-electron chi connectivity index (χ4n) is 2.06. The van der Waals surface area contributed by atoms with Crippen molar-refractivity contribution in [2.24, 2.45) is 0 Å². The number of hydrogen-bond donors (Lipinski definition) is 0. The third-order valence-electron chi connectivity index (χ3n) is 3.23. The lowest BCUT2D eigenvalue weighted by Crippen LogP contribution is -1.95. The molecule has 118 valence electrons. The molecule has 2 aromatic carbocycles. The fraction of sp³-hybridized carbons (Fsp3) is 0.176. The fourth-order valence-corrected chi connectivity index (χ4v) is 2.06. The maximum absolute atomic E-state index is 5.63. The molecule has 0 aliphatic heterocycles. The van der Waals surface area contributed by atoms with E-state index in [1.807, 2.05) is 48.5 Å². The number of ether oxygens (including phenoxy) is 3. The maximum Gasteiger partial charge on any atom is 0.254 e. The van der Waals surface area contributed by atoms with Gasteiger partial charge in [-0.15, -0.1) is 10.2 Å². The molecule has 23 heavy (non-hydrogen) atoms. The first-order valence-electron chi connectivity index (χ1n) is 7.03. The van der Waals surface area contributed by atoms with Crippen LogP contribution in [0.15, 0.2) is 52.9 Å². The van der Waals surface area contributed by atoms with E-state index < -0.39 is 0 Å². The van der Waals surface area contributed by atoms with Crippen molar-refractivity contribution < 1.29 is 18.6 Å². The van der Waals surface area contributed by atoms with Crippen LogP contribution in [0.1, 0.15) is 5.89 Å². The highest BCUT2D eigenvalue weighted by Gasteiger charge is 2.13. The summed E-state index contributed by atoms with van der Waals surface area (Å²) in [4.78, 5) is 0. The number of aromatic nitrogens is 2. The van der Waals surface area contributed by atoms with Crippen molar-refractivity contribution in [1.29, 1.82) is 0 Å². The highest BCUT2D eigenvalue weighted by atomic mass is 16.5. The zero-order valence-electron chi connectivity index (χ0n) is 12.9. The highest BCUT2D eigenvalue weighted by molar-refractivity contribution is 5.62. The predicted octanol–water partition coefficient (Wildman–Crippen LogP) is 3.33. The molecule has 0 spiro atoms. The Morgan fingerprint density at radius 2 is 1.61 bits per heavy atom. The van der Waals surface area contributed by atoms with E-state index >= 15 is 0 Å². The second kappa shape index (κ2) is 6.83. The number of para-hydroxylation sites is 1. The zero-order valence-corrected chi connectivity index (χ0v) is 12.9. The van der Waals surface area contributed by atoms with Gasteiger partial charge < -0.3 is 18.6 Å². The van der Waals surface area contributed by atoms with E-state index in [9.17, 15) is 0 Å². The summed E-state index contributed by atoms with van der Waals surface area (Å²) >= 11 is 0. The molecule has 0 amide bonds. The minimum atomic E-state index is 0.189. The van der Waals surface area contributed by atoms with Gasteiger partial charge in [0.2, 0.25) is 0 Å². The average molecular weight is 312 g/mol. The molecule has 0 aliphatic carbocycles. The molecule has 1 aromatic heterocycles. The van der Waals surface area contributed by atoms with Crippen LogP contribution >= 0.6 is 0 Å². The molecule has 3 aromatic rings. The molecule has 6 nitrogen and oxygen atoms in total. The summed E-state index contributed by atoms with van der Waals surface area (Å²) in [5.41, 5.74) is 0.748. The maximum atomic E-state index is 5.63. The van der Waals surface area contributed by atoms with E-state index in [1.165, 1.54) is 0 Å². The minimum absolute atomic E-state index is 0.189. The third kappa shape index (κ3) is 3.42. The van der Waals surface area contributed by atoms with Crippen molar-refractivity contribution in [2.45, 2.75) is 6.61 Å². The summed E-state index contributed by atoms with van der Waals surface area (Å²) in [6, 6.07) is 14.7. The average Bonchev–Trinajstić information content (AvgIpc) is 3.09. The lowest BCUT2D eigenvalue weighted by Gasteiger charge is -2.05. The minimum Gasteiger partial charge on any atom is -0.497 e. The van der Waals surface area contributed by atoms with Gasteiger partial charge in [-0.1, -0.05) is 12.1 Å². The molecular weight excluding hydrogens is 296 g/mol. The lowest BCUT2D eigenvalue weighted by molar-refractivity contribution is 0.264. The standard InChI is InChI=1S/C17H16N2O4/c1-20-12-7-9-13(10-8-12)22-11-16-18-19-17(23-16)14-5-3-4-6-15(14)21-2/h3-10H,11H2,1-2H3. The van der Waals surface area contributed by atoms with E-state index in [4.69, 9.17) is 18.6 Å². The second-order valence-electron chi connectivity index (χ2n) is 4.67. The first-order chi connectivity index (χ1) is 11.3. The quantitative estimate of drug-likeness (QED) is 0.695. The van der Waals surface area contributed by atoms with Crippen LogP contribution in [0.3, 0.4) is 0 Å². The predicted molar refractivity (Wildman–Crippen MR) is 83.6 cm³/mol. The van der Waals surface area contributed by atoms with Crippen molar-refractivity contribution in [2.75, 3.05) is 14.2 Å². The summed E-state index contributed by atoms with van der Waals surface area (Å²) in [5, 5.41) is 8.03. The lowest BCUT2D eigenvalue weighted by atomic mass is 10.2. The Labute approximate surface area is 133 Å². The van der Waals surface area contributed by atoms with Crippen molar-refractivity contribution in [3.8, 4) is 28.7 Å². The number of nitrogens with zero attached hydrogens (tertiary/aromatic N) is 2. The van der Waals surface area contributed by atoms with Crippen molar-refractivity contribution in [3.63, 3.8) is 0 Å². The second-order valence-corrected chi connectivity index (χ2v) is 4.67. The van der Waals surface area contributed by atoms with Gasteiger partial charge in [-0.05, 0) is 36.4 Å². The largest absolute Gasteiger partial charge is 0.497 e. The molecule has 0 fully saturated rings. The first kappa shape index (κ1) is 14.9. The van der Waals surface area contributed by atoms with Gasteiger partial charge in [0.1, 0.15) is 17.2 Å². The third-order valence-corrected chi connectivity index (χ3v) is 3.23. The molecule has 0 saturated carbocycles. The van der Waals surface area contributed by atoms with Crippen LogP contribution in [-0.4, -0.2) is 24.4 Å². The number of benzene rings is 2. The molecule has 1 heterocycles. The molecule has 0 atom stereocenters. The van der Waals surface area contributed by atoms with Gasteiger partial charge in [0, 0.05) is 0 Å². The van der Waals surface area contributed by atoms with Gasteiger partial charge >= 0.3 is 0 Å². The van der Waals surface area contributed by atoms with Crippen molar-refractivity contribution >= 4 is 0 Å². The topological polar surface area (TPSA) is 66.6 Å².